The van der Waals surface area contributed by atoms with E-state index in [9.17, 15) is 4.39 Å². The topological polar surface area (TPSA) is 56.9 Å². The number of hydrogen-bond acceptors (Lipinski definition) is 4. The minimum absolute atomic E-state index is 0. The number of hydrogen-bond donors (Lipinski definition) is 1. The molecule has 0 amide bonds. The van der Waals surface area contributed by atoms with Gasteiger partial charge in [0.2, 0.25) is 0 Å². The molecule has 168 valence electrons. The Labute approximate surface area is 194 Å². The van der Waals surface area contributed by atoms with Crippen molar-refractivity contribution >= 4 is 24.8 Å². The lowest BCUT2D eigenvalue weighted by molar-refractivity contribution is -0.0195. The Hall–Kier alpha value is -1.93. The molecule has 0 radical (unpaired) electrons. The molecule has 9 heteroatoms. The van der Waals surface area contributed by atoms with Gasteiger partial charge >= 0.3 is 0 Å². The van der Waals surface area contributed by atoms with E-state index in [1.54, 1.807) is 18.3 Å². The first-order valence-electron chi connectivity index (χ1n) is 10.3. The van der Waals surface area contributed by atoms with E-state index in [-0.39, 0.29) is 42.3 Å². The van der Waals surface area contributed by atoms with Gasteiger partial charge in [-0.15, -0.1) is 24.8 Å². The summed E-state index contributed by atoms with van der Waals surface area (Å²) in [7, 11) is 0. The van der Waals surface area contributed by atoms with Crippen molar-refractivity contribution in [3.05, 3.63) is 53.9 Å². The molecule has 0 bridgehead atoms. The number of nitrogens with zero attached hydrogens (tertiary/aromatic N) is 4. The van der Waals surface area contributed by atoms with E-state index >= 15 is 0 Å². The van der Waals surface area contributed by atoms with E-state index in [4.69, 9.17) is 4.74 Å². The third-order valence-corrected chi connectivity index (χ3v) is 6.20. The lowest BCUT2D eigenvalue weighted by atomic mass is 9.88. The molecule has 5 rings (SSSR count). The van der Waals surface area contributed by atoms with Gasteiger partial charge in [-0.05, 0) is 70.5 Å². The van der Waals surface area contributed by atoms with Crippen molar-refractivity contribution < 1.29 is 9.13 Å². The molecule has 6 nitrogen and oxygen atoms in total. The van der Waals surface area contributed by atoms with Crippen molar-refractivity contribution in [3.8, 4) is 17.1 Å². The van der Waals surface area contributed by atoms with Gasteiger partial charge in [0.05, 0.1) is 29.6 Å². The maximum atomic E-state index is 14.3. The second-order valence-corrected chi connectivity index (χ2v) is 8.26. The fourth-order valence-electron chi connectivity index (χ4n) is 4.79. The first kappa shape index (κ1) is 23.7. The second-order valence-electron chi connectivity index (χ2n) is 8.26. The fraction of sp³-hybridized carbons (Fsp3) is 0.455. The number of nitrogens with one attached hydrogen (secondary N) is 1. The average molecular weight is 468 g/mol. The SMILES string of the molecule is Cc1cc(C)n(-c2ccc(F)cc2-c2nccn2C2COC3(CCNCC3)C2)n1.Cl.Cl. The van der Waals surface area contributed by atoms with Gasteiger partial charge in [0.15, 0.2) is 0 Å². The molecule has 0 aliphatic carbocycles. The molecular formula is C22H28Cl2FN5O. The largest absolute Gasteiger partial charge is 0.373 e. The highest BCUT2D eigenvalue weighted by Crippen LogP contribution is 2.41. The molecule has 1 aromatic carbocycles. The monoisotopic (exact) mass is 467 g/mol. The van der Waals surface area contributed by atoms with Gasteiger partial charge in [-0.2, -0.15) is 5.10 Å². The highest BCUT2D eigenvalue weighted by Gasteiger charge is 2.42. The zero-order chi connectivity index (χ0) is 20.0. The van der Waals surface area contributed by atoms with Crippen LogP contribution in [-0.2, 0) is 4.74 Å². The molecule has 1 unspecified atom stereocenters. The van der Waals surface area contributed by atoms with Crippen LogP contribution in [0.3, 0.4) is 0 Å². The van der Waals surface area contributed by atoms with Crippen LogP contribution in [0.5, 0.6) is 0 Å². The second kappa shape index (κ2) is 9.28. The van der Waals surface area contributed by atoms with E-state index in [1.807, 2.05) is 30.8 Å². The summed E-state index contributed by atoms with van der Waals surface area (Å²) < 4.78 is 24.6. The normalized spacial score (nSPS) is 19.8. The number of aromatic nitrogens is 4. The first-order chi connectivity index (χ1) is 14.0. The number of ether oxygens (including phenoxy) is 1. The fourth-order valence-corrected chi connectivity index (χ4v) is 4.79. The van der Waals surface area contributed by atoms with Crippen molar-refractivity contribution in [1.29, 1.82) is 0 Å². The Bertz CT molecular complexity index is 1040. The van der Waals surface area contributed by atoms with Gasteiger partial charge in [-0.25, -0.2) is 14.1 Å². The van der Waals surface area contributed by atoms with Crippen LogP contribution in [0.15, 0.2) is 36.7 Å². The Morgan fingerprint density at radius 2 is 1.94 bits per heavy atom. The smallest absolute Gasteiger partial charge is 0.142 e. The van der Waals surface area contributed by atoms with Crippen LogP contribution in [-0.4, -0.2) is 44.6 Å². The molecule has 2 aliphatic rings. The summed E-state index contributed by atoms with van der Waals surface area (Å²) in [6.07, 6.45) is 6.80. The minimum atomic E-state index is -0.280. The zero-order valence-electron chi connectivity index (χ0n) is 17.7. The van der Waals surface area contributed by atoms with E-state index in [0.717, 1.165) is 60.8 Å². The Morgan fingerprint density at radius 1 is 1.16 bits per heavy atom. The molecule has 4 heterocycles. The standard InChI is InChI=1S/C22H26FN5O.2ClH/c1-15-11-16(2)28(26-15)20-4-3-17(23)12-19(20)21-25-9-10-27(21)18-13-22(29-14-18)5-7-24-8-6-22;;/h3-4,9-12,18,24H,5-8,13-14H2,1-2H3;2*1H. The molecule has 2 saturated heterocycles. The van der Waals surface area contributed by atoms with Crippen LogP contribution < -0.4 is 5.32 Å². The Balaban J connectivity index is 0.00000136. The van der Waals surface area contributed by atoms with Gasteiger partial charge in [-0.1, -0.05) is 0 Å². The highest BCUT2D eigenvalue weighted by molar-refractivity contribution is 5.85. The highest BCUT2D eigenvalue weighted by atomic mass is 35.5. The van der Waals surface area contributed by atoms with E-state index < -0.39 is 0 Å². The number of rotatable bonds is 3. The molecule has 0 saturated carbocycles. The van der Waals surface area contributed by atoms with Crippen LogP contribution in [0.1, 0.15) is 36.7 Å². The number of benzene rings is 1. The molecule has 2 aliphatic heterocycles. The van der Waals surface area contributed by atoms with Crippen LogP contribution in [0.2, 0.25) is 0 Å². The summed E-state index contributed by atoms with van der Waals surface area (Å²) >= 11 is 0. The number of aryl methyl sites for hydroxylation is 2. The first-order valence-corrected chi connectivity index (χ1v) is 10.3. The Kier molecular flexibility index (Phi) is 7.11. The van der Waals surface area contributed by atoms with Crippen molar-refractivity contribution in [3.63, 3.8) is 0 Å². The predicted molar refractivity (Wildman–Crippen MR) is 123 cm³/mol. The molecule has 1 N–H and O–H groups in total. The summed E-state index contributed by atoms with van der Waals surface area (Å²) in [5, 5.41) is 8.01. The molecule has 3 aromatic rings. The Morgan fingerprint density at radius 3 is 2.65 bits per heavy atom. The third kappa shape index (κ3) is 4.37. The number of piperidine rings is 1. The van der Waals surface area contributed by atoms with Crippen molar-refractivity contribution in [2.75, 3.05) is 19.7 Å². The quantitative estimate of drug-likeness (QED) is 0.619. The summed E-state index contributed by atoms with van der Waals surface area (Å²) in [4.78, 5) is 4.62. The van der Waals surface area contributed by atoms with Crippen LogP contribution in [0.4, 0.5) is 4.39 Å². The molecule has 2 aromatic heterocycles. The maximum absolute atomic E-state index is 14.3. The average Bonchev–Trinajstić information content (AvgIpc) is 3.41. The summed E-state index contributed by atoms with van der Waals surface area (Å²) in [5.74, 6) is 0.476. The predicted octanol–water partition coefficient (Wildman–Crippen LogP) is 4.42. The van der Waals surface area contributed by atoms with Crippen LogP contribution in [0.25, 0.3) is 17.1 Å². The maximum Gasteiger partial charge on any atom is 0.142 e. The molecule has 1 spiro atoms. The summed E-state index contributed by atoms with van der Waals surface area (Å²) in [5.41, 5.74) is 3.47. The van der Waals surface area contributed by atoms with Crippen LogP contribution in [0, 0.1) is 19.7 Å². The third-order valence-electron chi connectivity index (χ3n) is 6.20. The summed E-state index contributed by atoms with van der Waals surface area (Å²) in [6, 6.07) is 7.03. The van der Waals surface area contributed by atoms with Gasteiger partial charge in [-0.3, -0.25) is 0 Å². The molecule has 31 heavy (non-hydrogen) atoms. The van der Waals surface area contributed by atoms with Crippen LogP contribution >= 0.6 is 24.8 Å². The van der Waals surface area contributed by atoms with Crippen molar-refractivity contribution in [2.45, 2.75) is 44.8 Å². The number of halogens is 3. The van der Waals surface area contributed by atoms with E-state index in [1.165, 1.54) is 6.07 Å². The zero-order valence-corrected chi connectivity index (χ0v) is 19.3. The molecular weight excluding hydrogens is 440 g/mol. The van der Waals surface area contributed by atoms with Gasteiger partial charge in [0.25, 0.3) is 0 Å². The molecule has 2 fully saturated rings. The van der Waals surface area contributed by atoms with Gasteiger partial charge < -0.3 is 14.6 Å². The van der Waals surface area contributed by atoms with Gasteiger partial charge in [0.1, 0.15) is 11.6 Å². The van der Waals surface area contributed by atoms with Crippen molar-refractivity contribution in [1.82, 2.24) is 24.6 Å². The van der Waals surface area contributed by atoms with Gasteiger partial charge in [0, 0.05) is 23.7 Å². The van der Waals surface area contributed by atoms with Crippen molar-refractivity contribution in [2.24, 2.45) is 0 Å². The minimum Gasteiger partial charge on any atom is -0.373 e. The summed E-state index contributed by atoms with van der Waals surface area (Å²) in [6.45, 7) is 6.62. The lowest BCUT2D eigenvalue weighted by Gasteiger charge is -2.33. The number of imidazole rings is 1. The van der Waals surface area contributed by atoms with E-state index in [0.29, 0.717) is 6.61 Å². The van der Waals surface area contributed by atoms with E-state index in [2.05, 4.69) is 20.0 Å². The molecule has 1 atom stereocenters. The lowest BCUT2D eigenvalue weighted by Crippen LogP contribution is -2.41.